The number of carbonyl (C=O) groups excluding carboxylic acids is 1. The summed E-state index contributed by atoms with van der Waals surface area (Å²) in [6.45, 7) is 1.32. The summed E-state index contributed by atoms with van der Waals surface area (Å²) >= 11 is 0. The summed E-state index contributed by atoms with van der Waals surface area (Å²) in [5.74, 6) is -6.09. The zero-order chi connectivity index (χ0) is 14.2. The van der Waals surface area contributed by atoms with Gasteiger partial charge in [0.25, 0.3) is 0 Å². The average molecular weight is 268 g/mol. The van der Waals surface area contributed by atoms with E-state index in [-0.39, 0.29) is 5.56 Å². The fourth-order valence-corrected chi connectivity index (χ4v) is 1.67. The van der Waals surface area contributed by atoms with Gasteiger partial charge in [0.1, 0.15) is 11.6 Å². The summed E-state index contributed by atoms with van der Waals surface area (Å²) in [4.78, 5) is 11.9. The molecular formula is C14H8F4O. The first kappa shape index (κ1) is 13.3. The van der Waals surface area contributed by atoms with E-state index in [1.165, 1.54) is 13.0 Å². The van der Waals surface area contributed by atoms with Crippen LogP contribution in [0.25, 0.3) is 0 Å². The van der Waals surface area contributed by atoms with Gasteiger partial charge in [0.15, 0.2) is 11.6 Å². The Morgan fingerprint density at radius 3 is 2.05 bits per heavy atom. The lowest BCUT2D eigenvalue weighted by Gasteiger charge is -2.07. The molecule has 0 N–H and O–H groups in total. The maximum Gasteiger partial charge on any atom is 0.201 e. The van der Waals surface area contributed by atoms with Crippen LogP contribution in [0.15, 0.2) is 30.3 Å². The topological polar surface area (TPSA) is 17.1 Å². The largest absolute Gasteiger partial charge is 0.288 e. The molecule has 0 saturated carbocycles. The van der Waals surface area contributed by atoms with Gasteiger partial charge in [-0.1, -0.05) is 12.1 Å². The molecule has 0 aromatic heterocycles. The lowest BCUT2D eigenvalue weighted by Crippen LogP contribution is -2.11. The summed E-state index contributed by atoms with van der Waals surface area (Å²) < 4.78 is 53.8. The van der Waals surface area contributed by atoms with Crippen molar-refractivity contribution in [1.82, 2.24) is 0 Å². The first-order chi connectivity index (χ1) is 8.93. The van der Waals surface area contributed by atoms with Crippen molar-refractivity contribution < 1.29 is 22.4 Å². The third kappa shape index (κ3) is 2.23. The number of rotatable bonds is 2. The maximum absolute atomic E-state index is 13.6. The van der Waals surface area contributed by atoms with E-state index >= 15 is 0 Å². The van der Waals surface area contributed by atoms with Crippen molar-refractivity contribution in [3.63, 3.8) is 0 Å². The Labute approximate surface area is 106 Å². The van der Waals surface area contributed by atoms with Gasteiger partial charge in [-0.3, -0.25) is 4.79 Å². The number of halogens is 4. The molecule has 2 aromatic carbocycles. The lowest BCUT2D eigenvalue weighted by molar-refractivity contribution is 0.102. The number of aryl methyl sites for hydroxylation is 1. The summed E-state index contributed by atoms with van der Waals surface area (Å²) in [6.07, 6.45) is 0. The van der Waals surface area contributed by atoms with E-state index in [1.807, 2.05) is 0 Å². The van der Waals surface area contributed by atoms with Crippen molar-refractivity contribution in [2.75, 3.05) is 0 Å². The molecule has 0 spiro atoms. The van der Waals surface area contributed by atoms with Crippen LogP contribution in [0.1, 0.15) is 21.5 Å². The highest BCUT2D eigenvalue weighted by atomic mass is 19.2. The third-order valence-corrected chi connectivity index (χ3v) is 2.71. The highest BCUT2D eigenvalue weighted by molar-refractivity contribution is 6.09. The van der Waals surface area contributed by atoms with E-state index in [4.69, 9.17) is 0 Å². The van der Waals surface area contributed by atoms with Crippen LogP contribution in [0.3, 0.4) is 0 Å². The Kier molecular flexibility index (Phi) is 3.38. The Bertz CT molecular complexity index is 644. The van der Waals surface area contributed by atoms with Crippen LogP contribution < -0.4 is 0 Å². The average Bonchev–Trinajstić information content (AvgIpc) is 2.35. The molecule has 5 heteroatoms. The summed E-state index contributed by atoms with van der Waals surface area (Å²) in [6, 6.07) is 5.00. The van der Waals surface area contributed by atoms with Gasteiger partial charge < -0.3 is 0 Å². The van der Waals surface area contributed by atoms with Crippen LogP contribution in [0, 0.1) is 30.2 Å². The molecule has 0 aliphatic rings. The predicted molar refractivity (Wildman–Crippen MR) is 60.9 cm³/mol. The fraction of sp³-hybridized carbons (Fsp3) is 0.0714. The van der Waals surface area contributed by atoms with Crippen molar-refractivity contribution in [1.29, 1.82) is 0 Å². The first-order valence-corrected chi connectivity index (χ1v) is 5.36. The van der Waals surface area contributed by atoms with E-state index in [9.17, 15) is 22.4 Å². The number of carbonyl (C=O) groups is 1. The molecule has 0 saturated heterocycles. The fourth-order valence-electron chi connectivity index (χ4n) is 1.67. The Morgan fingerprint density at radius 1 is 0.895 bits per heavy atom. The minimum atomic E-state index is -1.41. The molecular weight excluding hydrogens is 260 g/mol. The van der Waals surface area contributed by atoms with Crippen molar-refractivity contribution >= 4 is 5.78 Å². The summed E-state index contributed by atoms with van der Waals surface area (Å²) in [5.41, 5.74) is -1.60. The van der Waals surface area contributed by atoms with Crippen LogP contribution in [0.2, 0.25) is 0 Å². The van der Waals surface area contributed by atoms with Crippen LogP contribution >= 0.6 is 0 Å². The number of ketones is 1. The van der Waals surface area contributed by atoms with Gasteiger partial charge in [-0.2, -0.15) is 0 Å². The van der Waals surface area contributed by atoms with Crippen LogP contribution in [0.5, 0.6) is 0 Å². The van der Waals surface area contributed by atoms with Gasteiger partial charge in [0.05, 0.1) is 11.1 Å². The molecule has 0 fully saturated rings. The molecule has 0 amide bonds. The van der Waals surface area contributed by atoms with Gasteiger partial charge in [0, 0.05) is 0 Å². The second kappa shape index (κ2) is 4.84. The minimum Gasteiger partial charge on any atom is -0.288 e. The van der Waals surface area contributed by atoms with E-state index < -0.39 is 40.2 Å². The Balaban J connectivity index is 2.60. The minimum absolute atomic E-state index is 0.00283. The third-order valence-electron chi connectivity index (χ3n) is 2.71. The molecule has 0 atom stereocenters. The monoisotopic (exact) mass is 268 g/mol. The molecule has 19 heavy (non-hydrogen) atoms. The quantitative estimate of drug-likeness (QED) is 0.598. The van der Waals surface area contributed by atoms with Gasteiger partial charge >= 0.3 is 0 Å². The van der Waals surface area contributed by atoms with Crippen LogP contribution in [0.4, 0.5) is 17.6 Å². The molecule has 2 aromatic rings. The maximum atomic E-state index is 13.6. The van der Waals surface area contributed by atoms with Gasteiger partial charge in [-0.25, -0.2) is 17.6 Å². The molecule has 0 bridgehead atoms. The normalized spacial score (nSPS) is 10.6. The Hall–Kier alpha value is -2.17. The summed E-state index contributed by atoms with van der Waals surface area (Å²) in [5, 5.41) is 0. The lowest BCUT2D eigenvalue weighted by atomic mass is 10.0. The van der Waals surface area contributed by atoms with E-state index in [0.717, 1.165) is 24.3 Å². The van der Waals surface area contributed by atoms with E-state index in [1.54, 1.807) is 0 Å². The Morgan fingerprint density at radius 2 is 1.47 bits per heavy atom. The van der Waals surface area contributed by atoms with Crippen LogP contribution in [-0.4, -0.2) is 5.78 Å². The molecule has 0 aliphatic heterocycles. The van der Waals surface area contributed by atoms with Gasteiger partial charge in [-0.05, 0) is 30.7 Å². The first-order valence-electron chi connectivity index (χ1n) is 5.36. The molecule has 1 nitrogen and oxygen atoms in total. The van der Waals surface area contributed by atoms with Gasteiger partial charge in [0.2, 0.25) is 5.78 Å². The molecule has 2 rings (SSSR count). The van der Waals surface area contributed by atoms with Crippen molar-refractivity contribution in [3.05, 3.63) is 70.3 Å². The molecule has 98 valence electrons. The molecule has 0 aliphatic carbocycles. The SMILES string of the molecule is Cc1ccc(C(=O)c2c(F)cccc2F)c(F)c1F. The zero-order valence-electron chi connectivity index (χ0n) is 9.81. The molecule has 0 unspecified atom stereocenters. The number of benzene rings is 2. The van der Waals surface area contributed by atoms with Crippen molar-refractivity contribution in [2.24, 2.45) is 0 Å². The zero-order valence-corrected chi connectivity index (χ0v) is 9.81. The van der Waals surface area contributed by atoms with E-state index in [2.05, 4.69) is 0 Å². The smallest absolute Gasteiger partial charge is 0.201 e. The van der Waals surface area contributed by atoms with Crippen molar-refractivity contribution in [2.45, 2.75) is 6.92 Å². The molecule has 0 heterocycles. The number of hydrogen-bond acceptors (Lipinski definition) is 1. The van der Waals surface area contributed by atoms with Gasteiger partial charge in [-0.15, -0.1) is 0 Å². The number of hydrogen-bond donors (Lipinski definition) is 0. The second-order valence-electron chi connectivity index (χ2n) is 3.98. The van der Waals surface area contributed by atoms with Crippen molar-refractivity contribution in [3.8, 4) is 0 Å². The van der Waals surface area contributed by atoms with Crippen LogP contribution in [-0.2, 0) is 0 Å². The second-order valence-corrected chi connectivity index (χ2v) is 3.98. The molecule has 0 radical (unpaired) electrons. The van der Waals surface area contributed by atoms with E-state index in [0.29, 0.717) is 0 Å². The highest BCUT2D eigenvalue weighted by Gasteiger charge is 2.23. The summed E-state index contributed by atoms with van der Waals surface area (Å²) in [7, 11) is 0. The highest BCUT2D eigenvalue weighted by Crippen LogP contribution is 2.22. The standard InChI is InChI=1S/C14H8F4O/c1-7-5-6-8(13(18)12(7)17)14(19)11-9(15)3-2-4-10(11)16/h2-6H,1H3. The predicted octanol–water partition coefficient (Wildman–Crippen LogP) is 3.78.